The molecule has 2 rings (SSSR count). The van der Waals surface area contributed by atoms with Crippen molar-refractivity contribution in [3.8, 4) is 0 Å². The normalized spacial score (nSPS) is 29.5. The lowest BCUT2D eigenvalue weighted by molar-refractivity contribution is -0.119. The van der Waals surface area contributed by atoms with Crippen LogP contribution >= 0.6 is 11.8 Å². The van der Waals surface area contributed by atoms with Gasteiger partial charge in [0.15, 0.2) is 0 Å². The van der Waals surface area contributed by atoms with Crippen molar-refractivity contribution in [1.29, 1.82) is 0 Å². The number of amides is 1. The molecule has 0 aromatic rings. The van der Waals surface area contributed by atoms with Crippen LogP contribution < -0.4 is 5.32 Å². The number of likely N-dealkylation sites (tertiary alicyclic amines) is 1. The van der Waals surface area contributed by atoms with Crippen LogP contribution in [0.3, 0.4) is 0 Å². The zero-order valence-electron chi connectivity index (χ0n) is 12.6. The van der Waals surface area contributed by atoms with E-state index in [2.05, 4.69) is 31.0 Å². The second-order valence-electron chi connectivity index (χ2n) is 6.83. The number of piperidine rings is 1. The van der Waals surface area contributed by atoms with Gasteiger partial charge in [-0.15, -0.1) is 0 Å². The van der Waals surface area contributed by atoms with Crippen molar-refractivity contribution < 1.29 is 4.79 Å². The van der Waals surface area contributed by atoms with Gasteiger partial charge in [0.1, 0.15) is 0 Å². The summed E-state index contributed by atoms with van der Waals surface area (Å²) >= 11 is 2.05. The number of carbonyl (C=O) groups is 1. The number of nitrogens with one attached hydrogen (secondary N) is 1. The first-order valence-electron chi connectivity index (χ1n) is 7.60. The molecule has 2 atom stereocenters. The number of hydrogen-bond acceptors (Lipinski definition) is 3. The molecule has 2 aliphatic heterocycles. The summed E-state index contributed by atoms with van der Waals surface area (Å²) in [7, 11) is 0. The lowest BCUT2D eigenvalue weighted by Gasteiger charge is -2.39. The Morgan fingerprint density at radius 2 is 2.16 bits per heavy atom. The summed E-state index contributed by atoms with van der Waals surface area (Å²) in [4.78, 5) is 14.1. The van der Waals surface area contributed by atoms with Gasteiger partial charge in [0, 0.05) is 42.0 Å². The molecule has 2 heterocycles. The second kappa shape index (κ2) is 6.49. The predicted octanol–water partition coefficient (Wildman–Crippen LogP) is 2.51. The number of rotatable bonds is 4. The van der Waals surface area contributed by atoms with Crippen molar-refractivity contribution in [3.63, 3.8) is 0 Å². The van der Waals surface area contributed by atoms with Crippen LogP contribution in [0.1, 0.15) is 46.5 Å². The molecule has 0 radical (unpaired) electrons. The molecule has 1 N–H and O–H groups in total. The van der Waals surface area contributed by atoms with Gasteiger partial charge in [0.05, 0.1) is 0 Å². The van der Waals surface area contributed by atoms with E-state index in [0.29, 0.717) is 16.7 Å². The van der Waals surface area contributed by atoms with Gasteiger partial charge in [-0.2, -0.15) is 11.8 Å². The minimum absolute atomic E-state index is 0.250. The first-order valence-corrected chi connectivity index (χ1v) is 8.59. The van der Waals surface area contributed by atoms with Gasteiger partial charge >= 0.3 is 0 Å². The Bertz CT molecular complexity index is 314. The van der Waals surface area contributed by atoms with Crippen molar-refractivity contribution in [2.75, 3.05) is 25.4 Å². The van der Waals surface area contributed by atoms with Crippen molar-refractivity contribution in [2.45, 2.75) is 57.2 Å². The van der Waals surface area contributed by atoms with Gasteiger partial charge in [0.25, 0.3) is 0 Å². The minimum atomic E-state index is 0.250. The number of hydrogen-bond donors (Lipinski definition) is 1. The van der Waals surface area contributed by atoms with Gasteiger partial charge < -0.3 is 5.32 Å². The third kappa shape index (κ3) is 4.67. The fourth-order valence-corrected chi connectivity index (χ4v) is 4.13. The second-order valence-corrected chi connectivity index (χ2v) is 8.75. The standard InChI is InChI=1S/C15H28N2OS/c1-15(2,3)19-9-8-17-7-5-4-6-13(17)12-10-14(18)16-11-12/h12-13H,4-11H2,1-3H3,(H,16,18)/t12-,13-/m0/s1. The molecule has 4 heteroatoms. The predicted molar refractivity (Wildman–Crippen MR) is 82.5 cm³/mol. The SMILES string of the molecule is CC(C)(C)SCCN1CCCC[C@H]1[C@@H]1CNC(=O)C1. The molecular formula is C15H28N2OS. The summed E-state index contributed by atoms with van der Waals surface area (Å²) < 4.78 is 0.357. The highest BCUT2D eigenvalue weighted by atomic mass is 32.2. The summed E-state index contributed by atoms with van der Waals surface area (Å²) in [5.41, 5.74) is 0. The van der Waals surface area contributed by atoms with Crippen LogP contribution in [0.2, 0.25) is 0 Å². The fourth-order valence-electron chi connectivity index (χ4n) is 3.20. The molecule has 0 spiro atoms. The minimum Gasteiger partial charge on any atom is -0.356 e. The van der Waals surface area contributed by atoms with E-state index in [1.807, 2.05) is 11.8 Å². The monoisotopic (exact) mass is 284 g/mol. The van der Waals surface area contributed by atoms with Gasteiger partial charge in [-0.3, -0.25) is 9.69 Å². The van der Waals surface area contributed by atoms with E-state index in [9.17, 15) is 4.79 Å². The van der Waals surface area contributed by atoms with E-state index in [-0.39, 0.29) is 5.91 Å². The Labute approximate surface area is 121 Å². The van der Waals surface area contributed by atoms with Crippen LogP contribution in [0.25, 0.3) is 0 Å². The molecule has 19 heavy (non-hydrogen) atoms. The van der Waals surface area contributed by atoms with Gasteiger partial charge in [-0.1, -0.05) is 27.2 Å². The highest BCUT2D eigenvalue weighted by Gasteiger charge is 2.34. The van der Waals surface area contributed by atoms with E-state index in [1.54, 1.807) is 0 Å². The van der Waals surface area contributed by atoms with E-state index < -0.39 is 0 Å². The lowest BCUT2D eigenvalue weighted by Crippen LogP contribution is -2.46. The maximum absolute atomic E-state index is 11.4. The quantitative estimate of drug-likeness (QED) is 0.861. The summed E-state index contributed by atoms with van der Waals surface area (Å²) in [6.07, 6.45) is 4.68. The molecule has 1 amide bonds. The van der Waals surface area contributed by atoms with E-state index in [1.165, 1.54) is 38.1 Å². The molecule has 2 fully saturated rings. The molecule has 0 saturated carbocycles. The Hall–Kier alpha value is -0.220. The third-order valence-corrected chi connectivity index (χ3v) is 5.38. The topological polar surface area (TPSA) is 32.3 Å². The van der Waals surface area contributed by atoms with Crippen molar-refractivity contribution in [2.24, 2.45) is 5.92 Å². The van der Waals surface area contributed by atoms with Gasteiger partial charge in [-0.05, 0) is 19.4 Å². The Morgan fingerprint density at radius 1 is 1.37 bits per heavy atom. The van der Waals surface area contributed by atoms with Crippen molar-refractivity contribution >= 4 is 17.7 Å². The Balaban J connectivity index is 1.84. The highest BCUT2D eigenvalue weighted by molar-refractivity contribution is 8.00. The van der Waals surface area contributed by atoms with E-state index >= 15 is 0 Å². The number of thioether (sulfide) groups is 1. The van der Waals surface area contributed by atoms with Crippen LogP contribution in [-0.2, 0) is 4.79 Å². The summed E-state index contributed by atoms with van der Waals surface area (Å²) in [5.74, 6) is 2.00. The summed E-state index contributed by atoms with van der Waals surface area (Å²) in [6.45, 7) is 10.1. The third-order valence-electron chi connectivity index (χ3n) is 4.13. The molecule has 0 unspecified atom stereocenters. The molecule has 2 aliphatic rings. The smallest absolute Gasteiger partial charge is 0.220 e. The maximum atomic E-state index is 11.4. The number of carbonyl (C=O) groups excluding carboxylic acids is 1. The van der Waals surface area contributed by atoms with Crippen LogP contribution in [0.5, 0.6) is 0 Å². The lowest BCUT2D eigenvalue weighted by atomic mass is 9.89. The Morgan fingerprint density at radius 3 is 2.79 bits per heavy atom. The van der Waals surface area contributed by atoms with Crippen LogP contribution in [0, 0.1) is 5.92 Å². The average molecular weight is 284 g/mol. The van der Waals surface area contributed by atoms with Gasteiger partial charge in [-0.25, -0.2) is 0 Å². The summed E-state index contributed by atoms with van der Waals surface area (Å²) in [6, 6.07) is 0.633. The largest absolute Gasteiger partial charge is 0.356 e. The maximum Gasteiger partial charge on any atom is 0.220 e. The molecule has 0 aliphatic carbocycles. The van der Waals surface area contributed by atoms with Crippen LogP contribution in [-0.4, -0.2) is 47.0 Å². The van der Waals surface area contributed by atoms with Crippen molar-refractivity contribution in [1.82, 2.24) is 10.2 Å². The fraction of sp³-hybridized carbons (Fsp3) is 0.933. The summed E-state index contributed by atoms with van der Waals surface area (Å²) in [5, 5.41) is 3.00. The average Bonchev–Trinajstić information content (AvgIpc) is 2.75. The van der Waals surface area contributed by atoms with Crippen molar-refractivity contribution in [3.05, 3.63) is 0 Å². The van der Waals surface area contributed by atoms with E-state index in [4.69, 9.17) is 0 Å². The Kier molecular flexibility index (Phi) is 5.18. The first kappa shape index (κ1) is 15.2. The molecule has 0 aromatic carbocycles. The molecule has 110 valence electrons. The zero-order valence-corrected chi connectivity index (χ0v) is 13.4. The highest BCUT2D eigenvalue weighted by Crippen LogP contribution is 2.29. The van der Waals surface area contributed by atoms with E-state index in [0.717, 1.165) is 13.0 Å². The van der Waals surface area contributed by atoms with Crippen LogP contribution in [0.4, 0.5) is 0 Å². The molecule has 2 saturated heterocycles. The molecule has 0 aromatic heterocycles. The zero-order chi connectivity index (χ0) is 13.9. The molecule has 3 nitrogen and oxygen atoms in total. The van der Waals surface area contributed by atoms with Gasteiger partial charge in [0.2, 0.25) is 5.91 Å². The molecule has 0 bridgehead atoms. The van der Waals surface area contributed by atoms with Crippen LogP contribution in [0.15, 0.2) is 0 Å². The number of nitrogens with zero attached hydrogens (tertiary/aromatic N) is 1. The first-order chi connectivity index (χ1) is 8.96. The molecular weight excluding hydrogens is 256 g/mol.